The van der Waals surface area contributed by atoms with E-state index < -0.39 is 16.0 Å². The molecule has 6 nitrogen and oxygen atoms in total. The quantitative estimate of drug-likeness (QED) is 0.799. The van der Waals surface area contributed by atoms with Gasteiger partial charge in [-0.1, -0.05) is 0 Å². The van der Waals surface area contributed by atoms with Crippen molar-refractivity contribution >= 4 is 16.0 Å². The number of carbonyl (C=O) groups is 1. The summed E-state index contributed by atoms with van der Waals surface area (Å²) in [6, 6.07) is 1.26. The van der Waals surface area contributed by atoms with Gasteiger partial charge in [-0.2, -0.15) is 0 Å². The summed E-state index contributed by atoms with van der Waals surface area (Å²) in [5.41, 5.74) is 0.224. The number of rotatable bonds is 5. The van der Waals surface area contributed by atoms with Gasteiger partial charge in [0.1, 0.15) is 10.6 Å². The monoisotopic (exact) mass is 272 g/mol. The first-order valence-corrected chi connectivity index (χ1v) is 7.36. The highest BCUT2D eigenvalue weighted by Gasteiger charge is 2.25. The van der Waals surface area contributed by atoms with Crippen LogP contribution in [0.4, 0.5) is 0 Å². The molecule has 0 bridgehead atoms. The number of primary sulfonamides is 1. The number of hydrogen-bond donors (Lipinski definition) is 1. The molecule has 0 unspecified atom stereocenters. The highest BCUT2D eigenvalue weighted by Crippen LogP contribution is 2.29. The van der Waals surface area contributed by atoms with Crippen LogP contribution in [-0.4, -0.2) is 25.6 Å². The number of nitrogens with two attached hydrogens (primary N) is 1. The van der Waals surface area contributed by atoms with Crippen molar-refractivity contribution in [3.8, 4) is 0 Å². The van der Waals surface area contributed by atoms with E-state index in [1.54, 1.807) is 0 Å². The molecule has 1 heterocycles. The lowest BCUT2D eigenvalue weighted by molar-refractivity contribution is 0.0473. The third kappa shape index (κ3) is 2.91. The fraction of sp³-hybridized carbons (Fsp3) is 0.545. The van der Waals surface area contributed by atoms with Gasteiger partial charge in [0.15, 0.2) is 0 Å². The van der Waals surface area contributed by atoms with Crippen LogP contribution in [0.15, 0.2) is 17.2 Å². The molecule has 1 aromatic rings. The lowest BCUT2D eigenvalue weighted by atomic mass is 10.4. The van der Waals surface area contributed by atoms with Gasteiger partial charge in [-0.25, -0.2) is 18.4 Å². The fourth-order valence-corrected chi connectivity index (χ4v) is 2.17. The Balaban J connectivity index is 2.19. The Kier molecular flexibility index (Phi) is 3.45. The summed E-state index contributed by atoms with van der Waals surface area (Å²) in [6.45, 7) is 2.69. The Bertz CT molecular complexity index is 558. The van der Waals surface area contributed by atoms with Gasteiger partial charge in [0.25, 0.3) is 0 Å². The van der Waals surface area contributed by atoms with Crippen molar-refractivity contribution in [1.29, 1.82) is 0 Å². The highest BCUT2D eigenvalue weighted by atomic mass is 32.2. The van der Waals surface area contributed by atoms with E-state index in [0.29, 0.717) is 19.1 Å². The molecule has 1 saturated carbocycles. The van der Waals surface area contributed by atoms with E-state index >= 15 is 0 Å². The molecule has 7 heteroatoms. The van der Waals surface area contributed by atoms with Gasteiger partial charge < -0.3 is 9.30 Å². The van der Waals surface area contributed by atoms with Crippen molar-refractivity contribution in [3.63, 3.8) is 0 Å². The van der Waals surface area contributed by atoms with Crippen LogP contribution >= 0.6 is 0 Å². The van der Waals surface area contributed by atoms with Crippen LogP contribution in [-0.2, 0) is 21.3 Å². The zero-order valence-electron chi connectivity index (χ0n) is 10.1. The van der Waals surface area contributed by atoms with Gasteiger partial charge in [0.2, 0.25) is 10.0 Å². The van der Waals surface area contributed by atoms with Crippen LogP contribution in [0.1, 0.15) is 30.3 Å². The molecular formula is C11H16N2O4S. The molecule has 0 atom stereocenters. The molecular weight excluding hydrogens is 256 g/mol. The molecule has 0 spiro atoms. The smallest absolute Gasteiger partial charge is 0.354 e. The minimum Gasteiger partial charge on any atom is -0.461 e. The predicted octanol–water partition coefficient (Wildman–Crippen LogP) is 0.722. The Morgan fingerprint density at radius 3 is 2.72 bits per heavy atom. The number of carbonyl (C=O) groups excluding carboxylic acids is 1. The van der Waals surface area contributed by atoms with Gasteiger partial charge in [-0.15, -0.1) is 0 Å². The maximum absolute atomic E-state index is 11.8. The highest BCUT2D eigenvalue weighted by molar-refractivity contribution is 7.89. The second-order valence-corrected chi connectivity index (χ2v) is 6.00. The van der Waals surface area contributed by atoms with Gasteiger partial charge in [-0.05, 0) is 31.7 Å². The average Bonchev–Trinajstić information content (AvgIpc) is 3.00. The summed E-state index contributed by atoms with van der Waals surface area (Å²) >= 11 is 0. The molecule has 1 aliphatic carbocycles. The normalized spacial score (nSPS) is 15.7. The second-order valence-electron chi connectivity index (χ2n) is 4.43. The SMILES string of the molecule is CCn1cc(S(N)(=O)=O)cc1C(=O)OCC1CC1. The minimum atomic E-state index is -3.80. The molecule has 0 saturated heterocycles. The fourth-order valence-electron chi connectivity index (χ4n) is 1.62. The largest absolute Gasteiger partial charge is 0.461 e. The van der Waals surface area contributed by atoms with Crippen molar-refractivity contribution in [2.45, 2.75) is 31.2 Å². The summed E-state index contributed by atoms with van der Waals surface area (Å²) in [4.78, 5) is 11.8. The molecule has 0 aromatic carbocycles. The Morgan fingerprint density at radius 1 is 1.56 bits per heavy atom. The van der Waals surface area contributed by atoms with Crippen molar-refractivity contribution in [2.75, 3.05) is 6.61 Å². The molecule has 18 heavy (non-hydrogen) atoms. The van der Waals surface area contributed by atoms with Crippen LogP contribution in [0.25, 0.3) is 0 Å². The first kappa shape index (κ1) is 13.1. The lowest BCUT2D eigenvalue weighted by Crippen LogP contribution is -2.12. The molecule has 1 aliphatic rings. The second kappa shape index (κ2) is 4.74. The zero-order valence-corrected chi connectivity index (χ0v) is 10.9. The van der Waals surface area contributed by atoms with E-state index in [9.17, 15) is 13.2 Å². The molecule has 100 valence electrons. The van der Waals surface area contributed by atoms with Gasteiger partial charge in [0, 0.05) is 12.7 Å². The van der Waals surface area contributed by atoms with Gasteiger partial charge in [-0.3, -0.25) is 0 Å². The number of hydrogen-bond acceptors (Lipinski definition) is 4. The molecule has 1 fully saturated rings. The van der Waals surface area contributed by atoms with Crippen molar-refractivity contribution in [2.24, 2.45) is 11.1 Å². The molecule has 0 aliphatic heterocycles. The summed E-state index contributed by atoms with van der Waals surface area (Å²) in [5, 5.41) is 5.03. The Hall–Kier alpha value is -1.34. The summed E-state index contributed by atoms with van der Waals surface area (Å²) < 4.78 is 29.1. The number of ether oxygens (including phenoxy) is 1. The van der Waals surface area contributed by atoms with E-state index in [1.807, 2.05) is 6.92 Å². The lowest BCUT2D eigenvalue weighted by Gasteiger charge is -2.06. The number of nitrogens with zero attached hydrogens (tertiary/aromatic N) is 1. The van der Waals surface area contributed by atoms with Crippen LogP contribution < -0.4 is 5.14 Å². The molecule has 2 N–H and O–H groups in total. The zero-order chi connectivity index (χ0) is 13.3. The summed E-state index contributed by atoms with van der Waals surface area (Å²) in [6.07, 6.45) is 3.53. The first-order valence-electron chi connectivity index (χ1n) is 5.82. The summed E-state index contributed by atoms with van der Waals surface area (Å²) in [5.74, 6) is -0.0321. The van der Waals surface area contributed by atoms with Crippen LogP contribution in [0.3, 0.4) is 0 Å². The van der Waals surface area contributed by atoms with Crippen LogP contribution in [0, 0.1) is 5.92 Å². The van der Waals surface area contributed by atoms with Crippen molar-refractivity contribution < 1.29 is 17.9 Å². The molecule has 0 amide bonds. The van der Waals surface area contributed by atoms with Gasteiger partial charge >= 0.3 is 5.97 Å². The average molecular weight is 272 g/mol. The Labute approximate surface area is 106 Å². The third-order valence-corrected chi connectivity index (χ3v) is 3.78. The van der Waals surface area contributed by atoms with E-state index in [0.717, 1.165) is 12.8 Å². The first-order chi connectivity index (χ1) is 8.41. The van der Waals surface area contributed by atoms with Crippen LogP contribution in [0.5, 0.6) is 0 Å². The van der Waals surface area contributed by atoms with E-state index in [2.05, 4.69) is 0 Å². The molecule has 2 rings (SSSR count). The topological polar surface area (TPSA) is 91.4 Å². The maximum Gasteiger partial charge on any atom is 0.354 e. The maximum atomic E-state index is 11.8. The third-order valence-electron chi connectivity index (χ3n) is 2.90. The minimum absolute atomic E-state index is 0.0669. The van der Waals surface area contributed by atoms with E-state index in [-0.39, 0.29) is 10.6 Å². The van der Waals surface area contributed by atoms with Gasteiger partial charge in [0.05, 0.1) is 6.61 Å². The van der Waals surface area contributed by atoms with Crippen LogP contribution in [0.2, 0.25) is 0 Å². The summed E-state index contributed by atoms with van der Waals surface area (Å²) in [7, 11) is -3.80. The van der Waals surface area contributed by atoms with Crippen molar-refractivity contribution in [1.82, 2.24) is 4.57 Å². The standard InChI is InChI=1S/C11H16N2O4S/c1-2-13-6-9(18(12,15)16)5-10(13)11(14)17-7-8-3-4-8/h5-6,8H,2-4,7H2,1H3,(H2,12,15,16). The number of aryl methyl sites for hydroxylation is 1. The molecule has 0 radical (unpaired) electrons. The van der Waals surface area contributed by atoms with E-state index in [4.69, 9.17) is 9.88 Å². The number of esters is 1. The number of sulfonamides is 1. The predicted molar refractivity (Wildman–Crippen MR) is 64.5 cm³/mol. The van der Waals surface area contributed by atoms with Crippen molar-refractivity contribution in [3.05, 3.63) is 18.0 Å². The molecule has 1 aromatic heterocycles. The van der Waals surface area contributed by atoms with E-state index in [1.165, 1.54) is 16.8 Å². The Morgan fingerprint density at radius 2 is 2.22 bits per heavy atom. The number of aromatic nitrogens is 1.